The summed E-state index contributed by atoms with van der Waals surface area (Å²) in [5.74, 6) is -0.111. The van der Waals surface area contributed by atoms with Crippen LogP contribution in [0, 0.1) is 0 Å². The zero-order valence-electron chi connectivity index (χ0n) is 13.5. The lowest BCUT2D eigenvalue weighted by atomic mass is 10.1. The Morgan fingerprint density at radius 3 is 2.61 bits per heavy atom. The topological polar surface area (TPSA) is 76.3 Å². The van der Waals surface area contributed by atoms with Gasteiger partial charge in [0.25, 0.3) is 5.91 Å². The molecule has 0 bridgehead atoms. The molecule has 2 atom stereocenters. The van der Waals surface area contributed by atoms with Crippen LogP contribution in [0.1, 0.15) is 34.0 Å². The lowest BCUT2D eigenvalue weighted by Gasteiger charge is -2.24. The van der Waals surface area contributed by atoms with Crippen LogP contribution in [0.5, 0.6) is 0 Å². The van der Waals surface area contributed by atoms with Crippen molar-refractivity contribution in [2.75, 3.05) is 19.8 Å². The highest BCUT2D eigenvalue weighted by Crippen LogP contribution is 2.22. The molecule has 0 aliphatic heterocycles. The number of nitrogens with zero attached hydrogens (tertiary/aromatic N) is 2. The molecule has 2 aromatic rings. The average molecular weight is 351 g/mol. The summed E-state index contributed by atoms with van der Waals surface area (Å²) in [6.45, 7) is 2.49. The lowest BCUT2D eigenvalue weighted by molar-refractivity contribution is 0.0737. The van der Waals surface area contributed by atoms with Crippen molar-refractivity contribution in [3.63, 3.8) is 0 Å². The maximum atomic E-state index is 12.5. The van der Waals surface area contributed by atoms with Crippen molar-refractivity contribution in [1.29, 1.82) is 0 Å². The lowest BCUT2D eigenvalue weighted by Crippen LogP contribution is -2.30. The molecule has 0 saturated carbocycles. The highest BCUT2D eigenvalue weighted by molar-refractivity contribution is 7.84. The van der Waals surface area contributed by atoms with Gasteiger partial charge in [-0.3, -0.25) is 9.00 Å². The van der Waals surface area contributed by atoms with E-state index in [4.69, 9.17) is 5.73 Å². The highest BCUT2D eigenvalue weighted by Gasteiger charge is 2.21. The van der Waals surface area contributed by atoms with Gasteiger partial charge in [0, 0.05) is 40.8 Å². The minimum Gasteiger partial charge on any atom is -0.334 e. The molecular formula is C16H21N3O2S2. The predicted octanol–water partition coefficient (Wildman–Crippen LogP) is 2.21. The first-order valence-electron chi connectivity index (χ1n) is 7.29. The zero-order valence-corrected chi connectivity index (χ0v) is 15.1. The van der Waals surface area contributed by atoms with Gasteiger partial charge in [-0.05, 0) is 31.2 Å². The van der Waals surface area contributed by atoms with E-state index >= 15 is 0 Å². The molecule has 0 spiro atoms. The smallest absolute Gasteiger partial charge is 0.273 e. The number of hydrogen-bond donors (Lipinski definition) is 1. The summed E-state index contributed by atoms with van der Waals surface area (Å²) in [6, 6.07) is 7.39. The highest BCUT2D eigenvalue weighted by atomic mass is 32.2. The minimum atomic E-state index is -0.998. The van der Waals surface area contributed by atoms with Gasteiger partial charge in [0.15, 0.2) is 0 Å². The Labute approximate surface area is 143 Å². The van der Waals surface area contributed by atoms with Crippen molar-refractivity contribution in [1.82, 2.24) is 9.88 Å². The number of benzene rings is 1. The SMILES string of the molecule is CC(c1ccc(S(C)=O)cc1)N(C)C(=O)c1csc(CCN)n1. The van der Waals surface area contributed by atoms with E-state index in [1.807, 2.05) is 31.2 Å². The third kappa shape index (κ3) is 4.25. The molecule has 23 heavy (non-hydrogen) atoms. The standard InChI is InChI=1S/C16H21N3O2S2/c1-11(12-4-6-13(7-5-12)23(3)21)19(2)16(20)14-10-22-15(18-14)8-9-17/h4-7,10-11H,8-9,17H2,1-3H3. The Morgan fingerprint density at radius 1 is 1.39 bits per heavy atom. The van der Waals surface area contributed by atoms with Crippen molar-refractivity contribution in [3.8, 4) is 0 Å². The molecule has 5 nitrogen and oxygen atoms in total. The van der Waals surface area contributed by atoms with Crippen LogP contribution in [0.25, 0.3) is 0 Å². The first-order valence-corrected chi connectivity index (χ1v) is 9.72. The van der Waals surface area contributed by atoms with E-state index in [9.17, 15) is 9.00 Å². The van der Waals surface area contributed by atoms with Crippen molar-refractivity contribution in [3.05, 3.63) is 45.9 Å². The molecule has 1 aromatic carbocycles. The van der Waals surface area contributed by atoms with Gasteiger partial charge in [-0.1, -0.05) is 12.1 Å². The maximum absolute atomic E-state index is 12.5. The second-order valence-electron chi connectivity index (χ2n) is 5.28. The fraction of sp³-hybridized carbons (Fsp3) is 0.375. The van der Waals surface area contributed by atoms with Crippen molar-refractivity contribution < 1.29 is 9.00 Å². The van der Waals surface area contributed by atoms with Gasteiger partial charge >= 0.3 is 0 Å². The molecule has 2 unspecified atom stereocenters. The fourth-order valence-electron chi connectivity index (χ4n) is 2.17. The third-order valence-electron chi connectivity index (χ3n) is 3.72. The van der Waals surface area contributed by atoms with Gasteiger partial charge < -0.3 is 10.6 Å². The summed E-state index contributed by atoms with van der Waals surface area (Å²) in [5, 5.41) is 2.66. The summed E-state index contributed by atoms with van der Waals surface area (Å²) < 4.78 is 11.4. The molecule has 0 aliphatic rings. The van der Waals surface area contributed by atoms with E-state index in [2.05, 4.69) is 4.98 Å². The summed E-state index contributed by atoms with van der Waals surface area (Å²) in [5.41, 5.74) is 6.96. The van der Waals surface area contributed by atoms with Crippen LogP contribution in [-0.2, 0) is 17.2 Å². The number of amides is 1. The van der Waals surface area contributed by atoms with Gasteiger partial charge in [-0.2, -0.15) is 0 Å². The summed E-state index contributed by atoms with van der Waals surface area (Å²) in [7, 11) is 0.766. The van der Waals surface area contributed by atoms with Crippen LogP contribution >= 0.6 is 11.3 Å². The number of carbonyl (C=O) groups excluding carboxylic acids is 1. The second kappa shape index (κ2) is 7.81. The van der Waals surface area contributed by atoms with Crippen LogP contribution in [-0.4, -0.2) is 39.8 Å². The predicted molar refractivity (Wildman–Crippen MR) is 94.2 cm³/mol. The van der Waals surface area contributed by atoms with E-state index in [0.29, 0.717) is 18.7 Å². The number of rotatable bonds is 6. The molecule has 2 N–H and O–H groups in total. The molecule has 1 heterocycles. The normalized spacial score (nSPS) is 13.6. The second-order valence-corrected chi connectivity index (χ2v) is 7.60. The van der Waals surface area contributed by atoms with Crippen LogP contribution in [0.15, 0.2) is 34.5 Å². The Hall–Kier alpha value is -1.57. The number of thiazole rings is 1. The molecule has 1 aromatic heterocycles. The summed E-state index contributed by atoms with van der Waals surface area (Å²) >= 11 is 1.46. The van der Waals surface area contributed by atoms with E-state index in [0.717, 1.165) is 15.5 Å². The van der Waals surface area contributed by atoms with Gasteiger partial charge in [0.05, 0.1) is 11.0 Å². The maximum Gasteiger partial charge on any atom is 0.273 e. The monoisotopic (exact) mass is 351 g/mol. The Morgan fingerprint density at radius 2 is 2.04 bits per heavy atom. The number of hydrogen-bond acceptors (Lipinski definition) is 5. The van der Waals surface area contributed by atoms with E-state index in [1.54, 1.807) is 23.6 Å². The van der Waals surface area contributed by atoms with Crippen molar-refractivity contribution in [2.24, 2.45) is 5.73 Å². The minimum absolute atomic E-state index is 0.0958. The van der Waals surface area contributed by atoms with Crippen LogP contribution in [0.2, 0.25) is 0 Å². The van der Waals surface area contributed by atoms with Crippen molar-refractivity contribution >= 4 is 28.0 Å². The van der Waals surface area contributed by atoms with Gasteiger partial charge in [-0.25, -0.2) is 4.98 Å². The molecule has 0 aliphatic carbocycles. The van der Waals surface area contributed by atoms with Crippen molar-refractivity contribution in [2.45, 2.75) is 24.3 Å². The average Bonchev–Trinajstić information content (AvgIpc) is 3.02. The summed E-state index contributed by atoms with van der Waals surface area (Å²) in [4.78, 5) is 19.3. The molecule has 0 saturated heterocycles. The first-order chi connectivity index (χ1) is 10.9. The van der Waals surface area contributed by atoms with Gasteiger partial charge in [0.2, 0.25) is 0 Å². The van der Waals surface area contributed by atoms with Gasteiger partial charge in [0.1, 0.15) is 5.69 Å². The van der Waals surface area contributed by atoms with E-state index in [1.165, 1.54) is 11.3 Å². The summed E-state index contributed by atoms with van der Waals surface area (Å²) in [6.07, 6.45) is 2.34. The fourth-order valence-corrected chi connectivity index (χ4v) is 3.47. The molecule has 2 rings (SSSR count). The first kappa shape index (κ1) is 17.8. The van der Waals surface area contributed by atoms with Crippen LogP contribution in [0.4, 0.5) is 0 Å². The number of nitrogens with two attached hydrogens (primary N) is 1. The van der Waals surface area contributed by atoms with E-state index in [-0.39, 0.29) is 11.9 Å². The number of carbonyl (C=O) groups is 1. The Balaban J connectivity index is 2.12. The Bertz CT molecular complexity index is 698. The molecule has 124 valence electrons. The largest absolute Gasteiger partial charge is 0.334 e. The zero-order chi connectivity index (χ0) is 17.0. The van der Waals surface area contributed by atoms with Crippen LogP contribution < -0.4 is 5.73 Å². The molecule has 7 heteroatoms. The van der Waals surface area contributed by atoms with E-state index < -0.39 is 10.8 Å². The molecule has 0 radical (unpaired) electrons. The molecule has 1 amide bonds. The number of aromatic nitrogens is 1. The quantitative estimate of drug-likeness (QED) is 0.866. The third-order valence-corrected chi connectivity index (χ3v) is 5.57. The van der Waals surface area contributed by atoms with Crippen LogP contribution in [0.3, 0.4) is 0 Å². The molecule has 0 fully saturated rings. The Kier molecular flexibility index (Phi) is 6.04. The molecular weight excluding hydrogens is 330 g/mol. The van der Waals surface area contributed by atoms with Gasteiger partial charge in [-0.15, -0.1) is 11.3 Å².